The van der Waals surface area contributed by atoms with Gasteiger partial charge in [-0.15, -0.1) is 0 Å². The number of nitrogens with one attached hydrogen (secondary N) is 1. The largest absolute Gasteiger partial charge is 0.497 e. The zero-order valence-electron chi connectivity index (χ0n) is 13.2. The van der Waals surface area contributed by atoms with Crippen LogP contribution >= 0.6 is 0 Å². The van der Waals surface area contributed by atoms with E-state index in [0.717, 1.165) is 23.5 Å². The minimum Gasteiger partial charge on any atom is -0.497 e. The van der Waals surface area contributed by atoms with E-state index in [0.29, 0.717) is 22.7 Å². The number of carbonyl (C=O) groups excluding carboxylic acids is 1. The van der Waals surface area contributed by atoms with E-state index in [2.05, 4.69) is 10.3 Å². The Morgan fingerprint density at radius 1 is 1.16 bits per heavy atom. The van der Waals surface area contributed by atoms with Gasteiger partial charge in [-0.3, -0.25) is 4.79 Å². The van der Waals surface area contributed by atoms with Crippen LogP contribution in [0.3, 0.4) is 0 Å². The molecular formula is C18H14N2O5. The second-order valence-electron chi connectivity index (χ2n) is 5.09. The first kappa shape index (κ1) is 16.3. The summed E-state index contributed by atoms with van der Waals surface area (Å²) in [4.78, 5) is 26.4. The molecule has 2 N–H and O–H groups in total. The topological polar surface area (TPSA) is 102 Å². The van der Waals surface area contributed by atoms with Crippen LogP contribution in [0.5, 0.6) is 5.75 Å². The van der Waals surface area contributed by atoms with Crippen molar-refractivity contribution in [1.29, 1.82) is 0 Å². The van der Waals surface area contributed by atoms with Gasteiger partial charge in [0.2, 0.25) is 11.8 Å². The summed E-state index contributed by atoms with van der Waals surface area (Å²) in [5.41, 5.74) is 2.42. The van der Waals surface area contributed by atoms with Crippen molar-refractivity contribution in [2.24, 2.45) is 0 Å². The highest BCUT2D eigenvalue weighted by Gasteiger charge is 2.10. The second kappa shape index (κ2) is 6.88. The van der Waals surface area contributed by atoms with Gasteiger partial charge in [0.1, 0.15) is 11.3 Å². The van der Waals surface area contributed by atoms with Crippen molar-refractivity contribution in [2.75, 3.05) is 12.4 Å². The number of carboxylic acid groups (broad SMARTS) is 1. The van der Waals surface area contributed by atoms with Crippen molar-refractivity contribution in [1.82, 2.24) is 4.98 Å². The molecule has 1 aromatic heterocycles. The number of aliphatic carboxylic acids is 1. The van der Waals surface area contributed by atoms with Gasteiger partial charge in [-0.2, -0.15) is 0 Å². The van der Waals surface area contributed by atoms with E-state index >= 15 is 0 Å². The maximum atomic E-state index is 11.6. The predicted octanol–water partition coefficient (Wildman–Crippen LogP) is 3.08. The van der Waals surface area contributed by atoms with Gasteiger partial charge >= 0.3 is 5.97 Å². The van der Waals surface area contributed by atoms with Crippen LogP contribution < -0.4 is 10.1 Å². The fraction of sp³-hybridized carbons (Fsp3) is 0.0556. The van der Waals surface area contributed by atoms with Crippen LogP contribution in [0.15, 0.2) is 59.0 Å². The van der Waals surface area contributed by atoms with Gasteiger partial charge in [0, 0.05) is 29.5 Å². The van der Waals surface area contributed by atoms with Gasteiger partial charge in [0.05, 0.1) is 7.11 Å². The van der Waals surface area contributed by atoms with Gasteiger partial charge in [-0.1, -0.05) is 0 Å². The molecule has 0 radical (unpaired) electrons. The lowest BCUT2D eigenvalue weighted by Gasteiger charge is -2.00. The number of rotatable bonds is 5. The molecule has 126 valence electrons. The summed E-state index contributed by atoms with van der Waals surface area (Å²) < 4.78 is 10.9. The Morgan fingerprint density at radius 3 is 2.60 bits per heavy atom. The van der Waals surface area contributed by atoms with E-state index in [1.807, 2.05) is 24.3 Å². The smallest absolute Gasteiger partial charge is 0.328 e. The molecule has 3 rings (SSSR count). The van der Waals surface area contributed by atoms with Crippen molar-refractivity contribution in [3.8, 4) is 17.2 Å². The summed E-state index contributed by atoms with van der Waals surface area (Å²) in [6.45, 7) is 0. The molecule has 0 spiro atoms. The van der Waals surface area contributed by atoms with Crippen molar-refractivity contribution < 1.29 is 23.8 Å². The van der Waals surface area contributed by atoms with Gasteiger partial charge < -0.3 is 19.6 Å². The normalized spacial score (nSPS) is 10.9. The van der Waals surface area contributed by atoms with E-state index in [4.69, 9.17) is 14.3 Å². The number of methoxy groups -OCH3 is 1. The average Bonchev–Trinajstić information content (AvgIpc) is 3.03. The van der Waals surface area contributed by atoms with Gasteiger partial charge in [0.25, 0.3) is 0 Å². The molecule has 1 heterocycles. The highest BCUT2D eigenvalue weighted by molar-refractivity contribution is 6.03. The highest BCUT2D eigenvalue weighted by Crippen LogP contribution is 2.27. The van der Waals surface area contributed by atoms with Crippen molar-refractivity contribution in [2.45, 2.75) is 0 Å². The Kier molecular flexibility index (Phi) is 4.47. The molecule has 0 aliphatic rings. The lowest BCUT2D eigenvalue weighted by Crippen LogP contribution is -2.08. The Balaban J connectivity index is 1.83. The molecule has 1 amide bonds. The van der Waals surface area contributed by atoms with Crippen LogP contribution in [0.2, 0.25) is 0 Å². The Morgan fingerprint density at radius 2 is 1.92 bits per heavy atom. The number of amides is 1. The van der Waals surface area contributed by atoms with E-state index in [1.165, 1.54) is 0 Å². The number of oxazole rings is 1. The van der Waals surface area contributed by atoms with Crippen LogP contribution in [0.25, 0.3) is 22.6 Å². The summed E-state index contributed by atoms with van der Waals surface area (Å²) in [5, 5.41) is 11.1. The Labute approximate surface area is 142 Å². The number of ether oxygens (including phenoxy) is 1. The van der Waals surface area contributed by atoms with Gasteiger partial charge in [-0.05, 0) is 36.4 Å². The number of fused-ring (bicyclic) bond motifs is 1. The van der Waals surface area contributed by atoms with Crippen molar-refractivity contribution in [3.05, 3.63) is 54.6 Å². The summed E-state index contributed by atoms with van der Waals surface area (Å²) in [5.74, 6) is -0.548. The zero-order valence-corrected chi connectivity index (χ0v) is 13.2. The molecule has 25 heavy (non-hydrogen) atoms. The molecule has 7 nitrogen and oxygen atoms in total. The van der Waals surface area contributed by atoms with E-state index in [-0.39, 0.29) is 0 Å². The number of hydrogen-bond acceptors (Lipinski definition) is 5. The quantitative estimate of drug-likeness (QED) is 0.693. The third-order valence-corrected chi connectivity index (χ3v) is 3.37. The maximum Gasteiger partial charge on any atom is 0.328 e. The number of anilines is 1. The highest BCUT2D eigenvalue weighted by atomic mass is 16.5. The summed E-state index contributed by atoms with van der Waals surface area (Å²) in [6, 6.07) is 12.3. The molecule has 3 aromatic rings. The van der Waals surface area contributed by atoms with Crippen LogP contribution in [0.1, 0.15) is 0 Å². The molecule has 0 atom stereocenters. The summed E-state index contributed by atoms with van der Waals surface area (Å²) in [6.07, 6.45) is 1.71. The number of carbonyl (C=O) groups is 2. The van der Waals surface area contributed by atoms with Crippen LogP contribution in [0, 0.1) is 0 Å². The lowest BCUT2D eigenvalue weighted by molar-refractivity contribution is -0.131. The van der Waals surface area contributed by atoms with E-state index in [1.54, 1.807) is 25.3 Å². The fourth-order valence-electron chi connectivity index (χ4n) is 2.19. The Bertz CT molecular complexity index is 957. The number of benzene rings is 2. The predicted molar refractivity (Wildman–Crippen MR) is 91.4 cm³/mol. The average molecular weight is 338 g/mol. The number of aromatic nitrogens is 1. The second-order valence-corrected chi connectivity index (χ2v) is 5.09. The maximum absolute atomic E-state index is 11.6. The number of hydrogen-bond donors (Lipinski definition) is 2. The molecule has 0 aliphatic heterocycles. The SMILES string of the molecule is COc1ccc(-c2nc3ccc(NC(=O)/C=C/C(=O)O)cc3o2)cc1. The molecular weight excluding hydrogens is 324 g/mol. The standard InChI is InChI=1S/C18H14N2O5/c1-24-13-5-2-11(3-6-13)18-20-14-7-4-12(10-15(14)25-18)19-16(21)8-9-17(22)23/h2-10H,1H3,(H,19,21)(H,22,23)/b9-8+. The Hall–Kier alpha value is -3.61. The summed E-state index contributed by atoms with van der Waals surface area (Å²) >= 11 is 0. The molecule has 0 saturated heterocycles. The molecule has 2 aromatic carbocycles. The monoisotopic (exact) mass is 338 g/mol. The molecule has 0 aliphatic carbocycles. The first-order chi connectivity index (χ1) is 12.0. The van der Waals surface area contributed by atoms with Crippen molar-refractivity contribution in [3.63, 3.8) is 0 Å². The first-order valence-electron chi connectivity index (χ1n) is 7.32. The molecule has 7 heteroatoms. The molecule has 0 bridgehead atoms. The third-order valence-electron chi connectivity index (χ3n) is 3.37. The first-order valence-corrected chi connectivity index (χ1v) is 7.32. The van der Waals surface area contributed by atoms with Gasteiger partial charge in [-0.25, -0.2) is 9.78 Å². The summed E-state index contributed by atoms with van der Waals surface area (Å²) in [7, 11) is 1.59. The minimum absolute atomic E-state index is 0.451. The van der Waals surface area contributed by atoms with Crippen LogP contribution in [-0.2, 0) is 9.59 Å². The van der Waals surface area contributed by atoms with Gasteiger partial charge in [0.15, 0.2) is 5.58 Å². The number of nitrogens with zero attached hydrogens (tertiary/aromatic N) is 1. The third kappa shape index (κ3) is 3.84. The number of carboxylic acids is 1. The van der Waals surface area contributed by atoms with Crippen LogP contribution in [0.4, 0.5) is 5.69 Å². The van der Waals surface area contributed by atoms with Crippen molar-refractivity contribution >= 4 is 28.7 Å². The zero-order chi connectivity index (χ0) is 17.8. The van der Waals surface area contributed by atoms with E-state index in [9.17, 15) is 9.59 Å². The van der Waals surface area contributed by atoms with E-state index < -0.39 is 11.9 Å². The molecule has 0 fully saturated rings. The fourth-order valence-corrected chi connectivity index (χ4v) is 2.19. The lowest BCUT2D eigenvalue weighted by atomic mass is 10.2. The molecule has 0 saturated carbocycles. The van der Waals surface area contributed by atoms with Crippen LogP contribution in [-0.4, -0.2) is 29.1 Å². The molecule has 0 unspecified atom stereocenters. The minimum atomic E-state index is -1.19.